The zero-order chi connectivity index (χ0) is 20.3. The van der Waals surface area contributed by atoms with E-state index < -0.39 is 5.72 Å². The molecule has 2 aromatic carbocycles. The highest BCUT2D eigenvalue weighted by atomic mass is 79.9. The van der Waals surface area contributed by atoms with Crippen molar-refractivity contribution < 1.29 is 9.47 Å². The fourth-order valence-corrected chi connectivity index (χ4v) is 3.93. The number of morpholine rings is 1. The van der Waals surface area contributed by atoms with Gasteiger partial charge < -0.3 is 20.1 Å². The van der Waals surface area contributed by atoms with Crippen molar-refractivity contribution in [2.75, 3.05) is 13.1 Å². The van der Waals surface area contributed by atoms with E-state index in [0.717, 1.165) is 40.1 Å². The van der Waals surface area contributed by atoms with Crippen molar-refractivity contribution in [1.29, 1.82) is 0 Å². The van der Waals surface area contributed by atoms with Gasteiger partial charge in [-0.05, 0) is 69.2 Å². The molecule has 1 aliphatic heterocycles. The molecule has 1 aliphatic rings. The van der Waals surface area contributed by atoms with E-state index in [1.807, 2.05) is 52.0 Å². The Morgan fingerprint density at radius 1 is 1.29 bits per heavy atom. The minimum Gasteiger partial charge on any atom is -0.457 e. The van der Waals surface area contributed by atoms with Gasteiger partial charge in [-0.1, -0.05) is 27.5 Å². The molecule has 0 radical (unpaired) electrons. The fraction of sp³-hybridized carbons (Fsp3) is 0.381. The number of hydrogen-bond acceptors (Lipinski definition) is 4. The van der Waals surface area contributed by atoms with Gasteiger partial charge in [0.2, 0.25) is 0 Å². The molecular weight excluding hydrogens is 442 g/mol. The third-order valence-electron chi connectivity index (χ3n) is 4.49. The maximum absolute atomic E-state index is 6.10. The lowest BCUT2D eigenvalue weighted by molar-refractivity contribution is -0.105. The van der Waals surface area contributed by atoms with Gasteiger partial charge in [-0.15, -0.1) is 0 Å². The van der Waals surface area contributed by atoms with E-state index >= 15 is 0 Å². The quantitative estimate of drug-likeness (QED) is 0.452. The van der Waals surface area contributed by atoms with Crippen LogP contribution in [0.15, 0.2) is 39.8 Å². The van der Waals surface area contributed by atoms with Crippen molar-refractivity contribution in [3.63, 3.8) is 0 Å². The second-order valence-corrected chi connectivity index (χ2v) is 8.66. The molecule has 2 unspecified atom stereocenters. The molecule has 2 aromatic rings. The Kier molecular flexibility index (Phi) is 6.65. The molecule has 0 amide bonds. The van der Waals surface area contributed by atoms with E-state index in [1.54, 1.807) is 12.4 Å². The highest BCUT2D eigenvalue weighted by Gasteiger charge is 2.29. The smallest absolute Gasteiger partial charge is 0.149 e. The molecule has 150 valence electrons. The average Bonchev–Trinajstić information content (AvgIpc) is 2.58. The van der Waals surface area contributed by atoms with Crippen molar-refractivity contribution in [1.82, 2.24) is 10.6 Å². The molecule has 0 spiro atoms. The number of nitrogens with zero attached hydrogens (tertiary/aromatic N) is 1. The van der Waals surface area contributed by atoms with Gasteiger partial charge >= 0.3 is 0 Å². The zero-order valence-corrected chi connectivity index (χ0v) is 18.8. The van der Waals surface area contributed by atoms with E-state index in [4.69, 9.17) is 21.1 Å². The topological polar surface area (TPSA) is 54.9 Å². The van der Waals surface area contributed by atoms with E-state index in [0.29, 0.717) is 10.8 Å². The van der Waals surface area contributed by atoms with Gasteiger partial charge in [-0.25, -0.2) is 4.99 Å². The summed E-state index contributed by atoms with van der Waals surface area (Å²) in [7, 11) is 0. The van der Waals surface area contributed by atoms with Gasteiger partial charge in [0, 0.05) is 22.6 Å². The Morgan fingerprint density at radius 3 is 2.79 bits per heavy atom. The summed E-state index contributed by atoms with van der Waals surface area (Å²) >= 11 is 9.54. The van der Waals surface area contributed by atoms with E-state index in [9.17, 15) is 0 Å². The molecule has 3 rings (SSSR count). The Morgan fingerprint density at radius 2 is 2.07 bits per heavy atom. The average molecular weight is 467 g/mol. The predicted molar refractivity (Wildman–Crippen MR) is 118 cm³/mol. The van der Waals surface area contributed by atoms with Crippen molar-refractivity contribution in [2.24, 2.45) is 4.99 Å². The molecular formula is C21H25BrClN3O2. The van der Waals surface area contributed by atoms with Crippen LogP contribution in [0.5, 0.6) is 11.5 Å². The number of hydrogen-bond donors (Lipinski definition) is 2. The summed E-state index contributed by atoms with van der Waals surface area (Å²) in [6.07, 6.45) is 1.86. The monoisotopic (exact) mass is 465 g/mol. The van der Waals surface area contributed by atoms with E-state index in [2.05, 4.69) is 31.6 Å². The van der Waals surface area contributed by atoms with Gasteiger partial charge in [-0.2, -0.15) is 0 Å². The predicted octanol–water partition coefficient (Wildman–Crippen LogP) is 5.49. The highest BCUT2D eigenvalue weighted by molar-refractivity contribution is 9.10. The lowest BCUT2D eigenvalue weighted by atomic mass is 10.1. The Hall–Kier alpha value is -1.60. The van der Waals surface area contributed by atoms with Crippen LogP contribution >= 0.6 is 27.5 Å². The first-order valence-electron chi connectivity index (χ1n) is 9.18. The molecule has 5 nitrogen and oxygen atoms in total. The van der Waals surface area contributed by atoms with Crippen molar-refractivity contribution in [3.8, 4) is 11.5 Å². The number of benzene rings is 2. The van der Waals surface area contributed by atoms with Crippen LogP contribution in [0.3, 0.4) is 0 Å². The molecule has 0 aromatic heterocycles. The molecule has 0 aliphatic carbocycles. The summed E-state index contributed by atoms with van der Waals surface area (Å²) in [6, 6.07) is 9.49. The zero-order valence-electron chi connectivity index (χ0n) is 16.5. The molecule has 28 heavy (non-hydrogen) atoms. The summed E-state index contributed by atoms with van der Waals surface area (Å²) in [5.74, 6) is 1.46. The van der Waals surface area contributed by atoms with Crippen LogP contribution in [0.2, 0.25) is 5.02 Å². The van der Waals surface area contributed by atoms with Gasteiger partial charge in [0.15, 0.2) is 0 Å². The molecule has 2 atom stereocenters. The minimum atomic E-state index is -0.465. The normalized spacial score (nSPS) is 22.4. The van der Waals surface area contributed by atoms with Crippen LogP contribution in [-0.4, -0.2) is 31.3 Å². The van der Waals surface area contributed by atoms with Crippen molar-refractivity contribution >= 4 is 39.6 Å². The van der Waals surface area contributed by atoms with Gasteiger partial charge in [0.25, 0.3) is 0 Å². The molecule has 1 heterocycles. The summed E-state index contributed by atoms with van der Waals surface area (Å²) < 4.78 is 12.9. The van der Waals surface area contributed by atoms with Crippen LogP contribution in [0.1, 0.15) is 25.0 Å². The first-order chi connectivity index (χ1) is 13.2. The lowest BCUT2D eigenvalue weighted by Crippen LogP contribution is -2.58. The Balaban J connectivity index is 1.72. The van der Waals surface area contributed by atoms with Crippen LogP contribution in [0.25, 0.3) is 0 Å². The first kappa shape index (κ1) is 21.1. The standard InChI is InChI=1S/C21H25BrClN3O2/c1-13-6-20(27-18-8-16(22)7-17(23)9-18)14(2)5-19(13)25-12-26-21(4)11-24-10-15(3)28-21/h5-9,12,15,24H,10-11H2,1-4H3,(H,25,26). The maximum Gasteiger partial charge on any atom is 0.149 e. The number of nitrogens with one attached hydrogen (secondary N) is 2. The number of aliphatic imine (C=N–C) groups is 1. The number of rotatable bonds is 5. The molecule has 0 saturated carbocycles. The van der Waals surface area contributed by atoms with Gasteiger partial charge in [-0.3, -0.25) is 0 Å². The molecule has 7 heteroatoms. The third-order valence-corrected chi connectivity index (χ3v) is 5.16. The van der Waals surface area contributed by atoms with E-state index in [-0.39, 0.29) is 6.10 Å². The number of halogens is 2. The summed E-state index contributed by atoms with van der Waals surface area (Å²) in [4.78, 5) is 4.58. The third kappa shape index (κ3) is 5.47. The summed E-state index contributed by atoms with van der Waals surface area (Å²) in [5, 5.41) is 7.24. The van der Waals surface area contributed by atoms with Crippen LogP contribution in [0, 0.1) is 13.8 Å². The lowest BCUT2D eigenvalue weighted by Gasteiger charge is -2.37. The van der Waals surface area contributed by atoms with Gasteiger partial charge in [0.1, 0.15) is 17.2 Å². The highest BCUT2D eigenvalue weighted by Crippen LogP contribution is 2.33. The van der Waals surface area contributed by atoms with Gasteiger partial charge in [0.05, 0.1) is 18.1 Å². The Labute approximate surface area is 179 Å². The molecule has 1 saturated heterocycles. The second-order valence-electron chi connectivity index (χ2n) is 7.30. The SMILES string of the molecule is Cc1cc(Oc2cc(Cl)cc(Br)c2)c(C)cc1/N=C/NC1(C)CNCC(C)O1. The molecule has 0 bridgehead atoms. The Bertz CT molecular complexity index is 870. The molecule has 2 N–H and O–H groups in total. The summed E-state index contributed by atoms with van der Waals surface area (Å²) in [5.41, 5.74) is 2.42. The number of aryl methyl sites for hydroxylation is 2. The second kappa shape index (κ2) is 8.82. The van der Waals surface area contributed by atoms with Crippen molar-refractivity contribution in [2.45, 2.75) is 39.5 Å². The fourth-order valence-electron chi connectivity index (χ4n) is 3.10. The minimum absolute atomic E-state index is 0.159. The largest absolute Gasteiger partial charge is 0.457 e. The first-order valence-corrected chi connectivity index (χ1v) is 10.4. The van der Waals surface area contributed by atoms with Crippen LogP contribution < -0.4 is 15.4 Å². The van der Waals surface area contributed by atoms with Crippen LogP contribution in [0.4, 0.5) is 5.69 Å². The van der Waals surface area contributed by atoms with E-state index in [1.165, 1.54) is 0 Å². The van der Waals surface area contributed by atoms with Crippen molar-refractivity contribution in [3.05, 3.63) is 51.0 Å². The van der Waals surface area contributed by atoms with Crippen LogP contribution in [-0.2, 0) is 4.74 Å². The summed E-state index contributed by atoms with van der Waals surface area (Å²) in [6.45, 7) is 9.65. The number of ether oxygens (including phenoxy) is 2. The molecule has 1 fully saturated rings. The maximum atomic E-state index is 6.10.